The van der Waals surface area contributed by atoms with Crippen LogP contribution in [0.2, 0.25) is 0 Å². The largest absolute Gasteiger partial charge is 0.497 e. The van der Waals surface area contributed by atoms with Crippen molar-refractivity contribution in [1.82, 2.24) is 9.88 Å². The smallest absolute Gasteiger partial charge is 0.338 e. The third-order valence-corrected chi connectivity index (χ3v) is 7.64. The Kier molecular flexibility index (Phi) is 6.58. The number of carbonyl (C=O) groups excluding carboxylic acids is 1. The topological polar surface area (TPSA) is 71.9 Å². The van der Waals surface area contributed by atoms with Gasteiger partial charge in [0.15, 0.2) is 0 Å². The van der Waals surface area contributed by atoms with E-state index < -0.39 is 6.10 Å². The van der Waals surface area contributed by atoms with Gasteiger partial charge in [-0.15, -0.1) is 6.58 Å². The first kappa shape index (κ1) is 23.5. The fraction of sp³-hybridized carbons (Fsp3) is 0.379. The van der Waals surface area contributed by atoms with E-state index in [1.807, 2.05) is 36.5 Å². The van der Waals surface area contributed by atoms with Gasteiger partial charge in [-0.25, -0.2) is 4.79 Å². The molecule has 6 nitrogen and oxygen atoms in total. The lowest BCUT2D eigenvalue weighted by atomic mass is 9.73. The molecule has 0 radical (unpaired) electrons. The molecule has 3 aromatic rings. The van der Waals surface area contributed by atoms with E-state index in [9.17, 15) is 9.90 Å². The summed E-state index contributed by atoms with van der Waals surface area (Å²) < 4.78 is 10.6. The Morgan fingerprint density at radius 1 is 1.29 bits per heavy atom. The second kappa shape index (κ2) is 9.80. The van der Waals surface area contributed by atoms with Gasteiger partial charge < -0.3 is 14.6 Å². The molecule has 0 amide bonds. The molecule has 5 atom stereocenters. The van der Waals surface area contributed by atoms with Crippen molar-refractivity contribution < 1.29 is 19.4 Å². The minimum Gasteiger partial charge on any atom is -0.497 e. The van der Waals surface area contributed by atoms with Crippen LogP contribution in [0.25, 0.3) is 22.0 Å². The minimum absolute atomic E-state index is 0.0271. The van der Waals surface area contributed by atoms with Crippen molar-refractivity contribution in [2.24, 2.45) is 11.8 Å². The van der Waals surface area contributed by atoms with E-state index in [-0.39, 0.29) is 12.0 Å². The quantitative estimate of drug-likeness (QED) is 0.385. The number of fused-ring (bicyclic) bond motifs is 4. The van der Waals surface area contributed by atoms with Gasteiger partial charge in [-0.2, -0.15) is 0 Å². The summed E-state index contributed by atoms with van der Waals surface area (Å²) in [7, 11) is 1.64. The first-order valence-corrected chi connectivity index (χ1v) is 12.3. The summed E-state index contributed by atoms with van der Waals surface area (Å²) in [4.78, 5) is 19.3. The Hall–Kier alpha value is -3.22. The Balaban J connectivity index is 1.60. The summed E-state index contributed by atoms with van der Waals surface area (Å²) in [5.74, 6) is 1.41. The number of nitrogens with zero attached hydrogens (tertiary/aromatic N) is 2. The highest BCUT2D eigenvalue weighted by Crippen LogP contribution is 2.44. The summed E-state index contributed by atoms with van der Waals surface area (Å²) in [6.07, 6.45) is 5.29. The fourth-order valence-electron chi connectivity index (χ4n) is 5.77. The number of piperidine rings is 3. The molecule has 1 aromatic heterocycles. The minimum atomic E-state index is -0.694. The molecule has 3 saturated heterocycles. The summed E-state index contributed by atoms with van der Waals surface area (Å²) in [5, 5.41) is 12.8. The number of hydrogen-bond acceptors (Lipinski definition) is 6. The third-order valence-electron chi connectivity index (χ3n) is 7.64. The van der Waals surface area contributed by atoms with Crippen LogP contribution in [0, 0.1) is 11.8 Å². The lowest BCUT2D eigenvalue weighted by Crippen LogP contribution is -2.54. The SMILES string of the molecule is C=C[C@H]1CN2CC[C@H]1C[C@H]2[C@H](O)c1c(-c2ccc(C(=O)OCC)cc2)cnc2ccc(OC)cc12. The zero-order valence-electron chi connectivity index (χ0n) is 20.3. The number of pyridine rings is 1. The molecule has 1 N–H and O–H groups in total. The monoisotopic (exact) mass is 472 g/mol. The van der Waals surface area contributed by atoms with Gasteiger partial charge in [0.25, 0.3) is 0 Å². The number of ether oxygens (including phenoxy) is 2. The van der Waals surface area contributed by atoms with E-state index in [0.29, 0.717) is 24.0 Å². The number of aliphatic hydroxyl groups excluding tert-OH is 1. The van der Waals surface area contributed by atoms with Crippen molar-refractivity contribution >= 4 is 16.9 Å². The second-order valence-corrected chi connectivity index (χ2v) is 9.46. The first-order valence-electron chi connectivity index (χ1n) is 12.3. The van der Waals surface area contributed by atoms with Crippen LogP contribution < -0.4 is 4.74 Å². The molecule has 3 aliphatic heterocycles. The number of rotatable bonds is 7. The van der Waals surface area contributed by atoms with Crippen LogP contribution in [0.15, 0.2) is 61.3 Å². The molecule has 3 aliphatic rings. The van der Waals surface area contributed by atoms with Gasteiger partial charge in [0, 0.05) is 35.3 Å². The second-order valence-electron chi connectivity index (χ2n) is 9.46. The number of carbonyl (C=O) groups is 1. The molecule has 182 valence electrons. The summed E-state index contributed by atoms with van der Waals surface area (Å²) >= 11 is 0. The van der Waals surface area contributed by atoms with Crippen molar-refractivity contribution in [2.75, 3.05) is 26.8 Å². The van der Waals surface area contributed by atoms with Crippen LogP contribution in [-0.2, 0) is 4.74 Å². The third kappa shape index (κ3) is 4.32. The average molecular weight is 473 g/mol. The van der Waals surface area contributed by atoms with E-state index in [4.69, 9.17) is 14.5 Å². The maximum absolute atomic E-state index is 12.1. The van der Waals surface area contributed by atoms with Crippen LogP contribution in [0.4, 0.5) is 0 Å². The molecule has 0 aliphatic carbocycles. The number of methoxy groups -OCH3 is 1. The summed E-state index contributed by atoms with van der Waals surface area (Å²) in [5.41, 5.74) is 3.91. The van der Waals surface area contributed by atoms with Crippen LogP contribution in [0.1, 0.15) is 41.8 Å². The van der Waals surface area contributed by atoms with E-state index in [2.05, 4.69) is 17.6 Å². The van der Waals surface area contributed by atoms with E-state index in [1.165, 1.54) is 0 Å². The van der Waals surface area contributed by atoms with Crippen LogP contribution in [0.5, 0.6) is 5.75 Å². The zero-order chi connectivity index (χ0) is 24.5. The number of esters is 1. The Labute approximate surface area is 206 Å². The van der Waals surface area contributed by atoms with Crippen molar-refractivity contribution in [1.29, 1.82) is 0 Å². The van der Waals surface area contributed by atoms with Crippen molar-refractivity contribution in [3.8, 4) is 16.9 Å². The molecule has 4 heterocycles. The molecule has 6 heteroatoms. The standard InChI is InChI=1S/C29H32N2O4/c1-4-18-17-31-13-12-21(18)14-26(31)28(32)27-23-15-22(34-3)10-11-25(23)30-16-24(27)19-6-8-20(9-7-19)29(33)35-5-2/h4,6-11,15-16,18,21,26,28,32H,1,5,12-14,17H2,2-3H3/t18-,21-,26-,28-/m0/s1. The molecular formula is C29H32N2O4. The number of benzene rings is 2. The van der Waals surface area contributed by atoms with Crippen molar-refractivity contribution in [2.45, 2.75) is 31.9 Å². The lowest BCUT2D eigenvalue weighted by Gasteiger charge is -2.50. The molecular weight excluding hydrogens is 440 g/mol. The van der Waals surface area contributed by atoms with E-state index >= 15 is 0 Å². The van der Waals surface area contributed by atoms with Crippen LogP contribution >= 0.6 is 0 Å². The Morgan fingerprint density at radius 2 is 2.09 bits per heavy atom. The predicted molar refractivity (Wildman–Crippen MR) is 136 cm³/mol. The highest BCUT2D eigenvalue weighted by molar-refractivity contribution is 5.92. The molecule has 35 heavy (non-hydrogen) atoms. The molecule has 0 spiro atoms. The average Bonchev–Trinajstić information content (AvgIpc) is 2.92. The maximum Gasteiger partial charge on any atom is 0.338 e. The molecule has 2 aromatic carbocycles. The van der Waals surface area contributed by atoms with Gasteiger partial charge in [0.1, 0.15) is 5.75 Å². The number of hydrogen-bond donors (Lipinski definition) is 1. The van der Waals surface area contributed by atoms with Crippen molar-refractivity contribution in [3.05, 3.63) is 72.4 Å². The van der Waals surface area contributed by atoms with Crippen LogP contribution in [0.3, 0.4) is 0 Å². The van der Waals surface area contributed by atoms with Gasteiger partial charge in [0.05, 0.1) is 30.9 Å². The van der Waals surface area contributed by atoms with Gasteiger partial charge in [-0.05, 0) is 74.0 Å². The Morgan fingerprint density at radius 3 is 2.74 bits per heavy atom. The van der Waals surface area contributed by atoms with E-state index in [1.54, 1.807) is 26.2 Å². The number of aromatic nitrogens is 1. The summed E-state index contributed by atoms with van der Waals surface area (Å²) in [6, 6.07) is 13.1. The van der Waals surface area contributed by atoms with Gasteiger partial charge in [-0.1, -0.05) is 18.2 Å². The van der Waals surface area contributed by atoms with Crippen LogP contribution in [-0.4, -0.2) is 53.8 Å². The van der Waals surface area contributed by atoms with E-state index in [0.717, 1.165) is 59.3 Å². The fourth-order valence-corrected chi connectivity index (χ4v) is 5.77. The predicted octanol–water partition coefficient (Wildman–Crippen LogP) is 5.02. The molecule has 1 unspecified atom stereocenters. The van der Waals surface area contributed by atoms with Gasteiger partial charge in [0.2, 0.25) is 0 Å². The molecule has 6 rings (SSSR count). The number of aliphatic hydroxyl groups is 1. The van der Waals surface area contributed by atoms with Gasteiger partial charge in [-0.3, -0.25) is 9.88 Å². The molecule has 0 saturated carbocycles. The molecule has 2 bridgehead atoms. The van der Waals surface area contributed by atoms with Crippen molar-refractivity contribution in [3.63, 3.8) is 0 Å². The maximum atomic E-state index is 12.1. The highest BCUT2D eigenvalue weighted by atomic mass is 16.5. The zero-order valence-corrected chi connectivity index (χ0v) is 20.3. The van der Waals surface area contributed by atoms with Gasteiger partial charge >= 0.3 is 5.97 Å². The summed E-state index contributed by atoms with van der Waals surface area (Å²) in [6.45, 7) is 8.08. The molecule has 3 fully saturated rings. The Bertz CT molecular complexity index is 1240. The normalized spacial score (nSPS) is 24.2. The lowest BCUT2D eigenvalue weighted by molar-refractivity contribution is -0.0443. The first-order chi connectivity index (χ1) is 17.0. The highest BCUT2D eigenvalue weighted by Gasteiger charge is 2.42.